The Labute approximate surface area is 81.3 Å². The topological polar surface area (TPSA) is 60.8 Å². The number of carbonyl (C=O) groups is 1. The summed E-state index contributed by atoms with van der Waals surface area (Å²) in [7, 11) is 0. The molecule has 80 valence electrons. The Hall–Kier alpha value is -0.840. The summed E-state index contributed by atoms with van der Waals surface area (Å²) >= 11 is 0. The van der Waals surface area contributed by atoms with E-state index in [1.165, 1.54) is 0 Å². The first-order valence-corrected chi connectivity index (χ1v) is 4.88. The van der Waals surface area contributed by atoms with E-state index in [1.807, 2.05) is 0 Å². The quantitative estimate of drug-likeness (QED) is 0.664. The van der Waals surface area contributed by atoms with Gasteiger partial charge < -0.3 is 15.1 Å². The van der Waals surface area contributed by atoms with Gasteiger partial charge in [0.05, 0.1) is 6.54 Å². The lowest BCUT2D eigenvalue weighted by molar-refractivity contribution is -0.0941. The third-order valence-corrected chi connectivity index (χ3v) is 3.26. The number of nitrogens with zero attached hydrogens (tertiary/aromatic N) is 1. The van der Waals surface area contributed by atoms with Crippen molar-refractivity contribution >= 4 is 6.09 Å². The van der Waals surface area contributed by atoms with Gasteiger partial charge in [-0.1, -0.05) is 0 Å². The standard InChI is InChI=1S/C9H14FNO3/c10-7-5-11(8(12)13)4-3-9(7,14)6-1-2-6/h6-7,14H,1-5H2,(H,12,13). The van der Waals surface area contributed by atoms with Crippen molar-refractivity contribution in [2.45, 2.75) is 31.0 Å². The van der Waals surface area contributed by atoms with E-state index in [-0.39, 0.29) is 25.4 Å². The van der Waals surface area contributed by atoms with Crippen LogP contribution in [0.1, 0.15) is 19.3 Å². The third-order valence-electron chi connectivity index (χ3n) is 3.26. The van der Waals surface area contributed by atoms with E-state index in [0.29, 0.717) is 0 Å². The normalized spacial score (nSPS) is 38.4. The fraction of sp³-hybridized carbons (Fsp3) is 0.889. The van der Waals surface area contributed by atoms with E-state index in [0.717, 1.165) is 17.7 Å². The maximum atomic E-state index is 13.6. The molecule has 2 unspecified atom stereocenters. The molecule has 0 spiro atoms. The van der Waals surface area contributed by atoms with E-state index in [2.05, 4.69) is 0 Å². The molecule has 1 amide bonds. The number of halogens is 1. The molecule has 1 saturated carbocycles. The summed E-state index contributed by atoms with van der Waals surface area (Å²) in [5, 5.41) is 18.6. The van der Waals surface area contributed by atoms with Crippen molar-refractivity contribution in [2.24, 2.45) is 5.92 Å². The van der Waals surface area contributed by atoms with Crippen LogP contribution in [0.2, 0.25) is 0 Å². The minimum atomic E-state index is -1.43. The first-order valence-electron chi connectivity index (χ1n) is 4.88. The third kappa shape index (κ3) is 1.45. The number of amides is 1. The molecule has 4 nitrogen and oxygen atoms in total. The van der Waals surface area contributed by atoms with Gasteiger partial charge in [-0.25, -0.2) is 9.18 Å². The lowest BCUT2D eigenvalue weighted by Crippen LogP contribution is -2.55. The second kappa shape index (κ2) is 3.08. The molecule has 0 bridgehead atoms. The molecule has 1 saturated heterocycles. The first-order chi connectivity index (χ1) is 6.54. The smallest absolute Gasteiger partial charge is 0.407 e. The minimum absolute atomic E-state index is 0.0495. The van der Waals surface area contributed by atoms with Gasteiger partial charge >= 0.3 is 6.09 Å². The molecule has 2 atom stereocenters. The summed E-state index contributed by atoms with van der Waals surface area (Å²) in [6.07, 6.45) is -0.579. The van der Waals surface area contributed by atoms with Crippen molar-refractivity contribution in [1.82, 2.24) is 4.90 Å². The molecule has 2 fully saturated rings. The van der Waals surface area contributed by atoms with Gasteiger partial charge in [-0.3, -0.25) is 0 Å². The number of hydrogen-bond acceptors (Lipinski definition) is 2. The average Bonchev–Trinajstić information content (AvgIpc) is 2.92. The summed E-state index contributed by atoms with van der Waals surface area (Å²) < 4.78 is 13.6. The van der Waals surface area contributed by atoms with Crippen LogP contribution >= 0.6 is 0 Å². The summed E-state index contributed by atoms with van der Waals surface area (Å²) in [5.74, 6) is 0.0495. The Morgan fingerprint density at radius 3 is 2.57 bits per heavy atom. The predicted molar refractivity (Wildman–Crippen MR) is 46.8 cm³/mol. The molecule has 0 radical (unpaired) electrons. The van der Waals surface area contributed by atoms with Crippen molar-refractivity contribution in [2.75, 3.05) is 13.1 Å². The molecule has 5 heteroatoms. The highest BCUT2D eigenvalue weighted by atomic mass is 19.1. The lowest BCUT2D eigenvalue weighted by Gasteiger charge is -2.40. The number of likely N-dealkylation sites (tertiary alicyclic amines) is 1. The van der Waals surface area contributed by atoms with Gasteiger partial charge in [0.1, 0.15) is 11.8 Å². The highest BCUT2D eigenvalue weighted by Crippen LogP contribution is 2.46. The maximum Gasteiger partial charge on any atom is 0.407 e. The fourth-order valence-electron chi connectivity index (χ4n) is 2.13. The molecule has 14 heavy (non-hydrogen) atoms. The minimum Gasteiger partial charge on any atom is -0.465 e. The predicted octanol–water partition coefficient (Wildman–Crippen LogP) is 0.849. The molecular formula is C9H14FNO3. The van der Waals surface area contributed by atoms with Crippen LogP contribution in [0.3, 0.4) is 0 Å². The van der Waals surface area contributed by atoms with Crippen molar-refractivity contribution in [3.8, 4) is 0 Å². The van der Waals surface area contributed by atoms with Crippen molar-refractivity contribution < 1.29 is 19.4 Å². The van der Waals surface area contributed by atoms with Crippen LogP contribution in [-0.2, 0) is 0 Å². The van der Waals surface area contributed by atoms with Crippen LogP contribution in [0.5, 0.6) is 0 Å². The van der Waals surface area contributed by atoms with Gasteiger partial charge in [-0.15, -0.1) is 0 Å². The second-order valence-electron chi connectivity index (χ2n) is 4.21. The molecule has 2 N–H and O–H groups in total. The molecule has 0 aromatic heterocycles. The zero-order valence-corrected chi connectivity index (χ0v) is 7.82. The highest BCUT2D eigenvalue weighted by molar-refractivity contribution is 5.65. The Morgan fingerprint density at radius 1 is 1.50 bits per heavy atom. The summed E-state index contributed by atoms with van der Waals surface area (Å²) in [6.45, 7) is 0.0467. The highest BCUT2D eigenvalue weighted by Gasteiger charge is 2.52. The molecular weight excluding hydrogens is 189 g/mol. The Morgan fingerprint density at radius 2 is 2.14 bits per heavy atom. The van der Waals surface area contributed by atoms with Crippen LogP contribution in [0, 0.1) is 5.92 Å². The second-order valence-corrected chi connectivity index (χ2v) is 4.21. The van der Waals surface area contributed by atoms with Gasteiger partial charge in [-0.05, 0) is 25.2 Å². The fourth-order valence-corrected chi connectivity index (χ4v) is 2.13. The number of aliphatic hydroxyl groups is 1. The molecule has 2 rings (SSSR count). The van der Waals surface area contributed by atoms with Crippen LogP contribution in [0.15, 0.2) is 0 Å². The van der Waals surface area contributed by atoms with E-state index >= 15 is 0 Å². The number of piperidine rings is 1. The monoisotopic (exact) mass is 203 g/mol. The zero-order valence-electron chi connectivity index (χ0n) is 7.82. The number of carboxylic acid groups (broad SMARTS) is 1. The SMILES string of the molecule is O=C(O)N1CCC(O)(C2CC2)C(F)C1. The van der Waals surface area contributed by atoms with Crippen LogP contribution < -0.4 is 0 Å². The molecule has 2 aliphatic rings. The Balaban J connectivity index is 2.02. The first kappa shape index (κ1) is 9.71. The average molecular weight is 203 g/mol. The van der Waals surface area contributed by atoms with Crippen LogP contribution in [-0.4, -0.2) is 46.1 Å². The van der Waals surface area contributed by atoms with E-state index in [1.54, 1.807) is 0 Å². The summed E-state index contributed by atoms with van der Waals surface area (Å²) in [6, 6.07) is 0. The zero-order chi connectivity index (χ0) is 10.3. The lowest BCUT2D eigenvalue weighted by atomic mass is 9.85. The van der Waals surface area contributed by atoms with Crippen LogP contribution in [0.25, 0.3) is 0 Å². The molecule has 1 heterocycles. The van der Waals surface area contributed by atoms with Crippen molar-refractivity contribution in [3.05, 3.63) is 0 Å². The van der Waals surface area contributed by atoms with E-state index < -0.39 is 17.9 Å². The maximum absolute atomic E-state index is 13.6. The summed E-state index contributed by atoms with van der Waals surface area (Å²) in [4.78, 5) is 11.6. The largest absolute Gasteiger partial charge is 0.465 e. The number of hydrogen-bond donors (Lipinski definition) is 2. The molecule has 1 aliphatic heterocycles. The van der Waals surface area contributed by atoms with E-state index in [4.69, 9.17) is 5.11 Å². The van der Waals surface area contributed by atoms with E-state index in [9.17, 15) is 14.3 Å². The van der Waals surface area contributed by atoms with Gasteiger partial charge in [0, 0.05) is 6.54 Å². The van der Waals surface area contributed by atoms with Gasteiger partial charge in [0.2, 0.25) is 0 Å². The number of alkyl halides is 1. The Kier molecular flexibility index (Phi) is 2.14. The molecule has 0 aromatic rings. The van der Waals surface area contributed by atoms with Crippen LogP contribution in [0.4, 0.5) is 9.18 Å². The Bertz CT molecular complexity index is 256. The number of rotatable bonds is 1. The van der Waals surface area contributed by atoms with Gasteiger partial charge in [0.25, 0.3) is 0 Å². The summed E-state index contributed by atoms with van der Waals surface area (Å²) in [5.41, 5.74) is -1.26. The van der Waals surface area contributed by atoms with Gasteiger partial charge in [0.15, 0.2) is 0 Å². The molecule has 0 aromatic carbocycles. The molecule has 1 aliphatic carbocycles. The van der Waals surface area contributed by atoms with Gasteiger partial charge in [-0.2, -0.15) is 0 Å². The van der Waals surface area contributed by atoms with Crippen molar-refractivity contribution in [3.63, 3.8) is 0 Å². The van der Waals surface area contributed by atoms with Crippen molar-refractivity contribution in [1.29, 1.82) is 0 Å².